The fourth-order valence-electron chi connectivity index (χ4n) is 3.20. The van der Waals surface area contributed by atoms with Crippen molar-refractivity contribution in [3.05, 3.63) is 18.2 Å². The zero-order valence-corrected chi connectivity index (χ0v) is 12.2. The van der Waals surface area contributed by atoms with Crippen LogP contribution in [0.4, 0.5) is 0 Å². The molecule has 1 saturated carbocycles. The van der Waals surface area contributed by atoms with Crippen LogP contribution in [0.3, 0.4) is 0 Å². The van der Waals surface area contributed by atoms with Gasteiger partial charge in [0.2, 0.25) is 0 Å². The van der Waals surface area contributed by atoms with Crippen LogP contribution in [0, 0.1) is 11.3 Å². The van der Waals surface area contributed by atoms with Gasteiger partial charge in [0.1, 0.15) is 5.82 Å². The Morgan fingerprint density at radius 2 is 2.11 bits per heavy atom. The molecule has 1 atom stereocenters. The largest absolute Gasteiger partial charge is 0.334 e. The Bertz CT molecular complexity index is 371. The van der Waals surface area contributed by atoms with Crippen molar-refractivity contribution in [3.63, 3.8) is 0 Å². The van der Waals surface area contributed by atoms with E-state index in [0.29, 0.717) is 11.5 Å². The van der Waals surface area contributed by atoms with E-state index in [-0.39, 0.29) is 0 Å². The van der Waals surface area contributed by atoms with E-state index < -0.39 is 0 Å². The van der Waals surface area contributed by atoms with Crippen LogP contribution in [0.15, 0.2) is 12.4 Å². The summed E-state index contributed by atoms with van der Waals surface area (Å²) in [5.74, 6) is 1.94. The third-order valence-corrected chi connectivity index (χ3v) is 4.53. The monoisotopic (exact) mass is 249 g/mol. The smallest absolute Gasteiger partial charge is 0.126 e. The molecule has 1 N–H and O–H groups in total. The van der Waals surface area contributed by atoms with Gasteiger partial charge in [-0.05, 0) is 51.0 Å². The average molecular weight is 249 g/mol. The van der Waals surface area contributed by atoms with Gasteiger partial charge in [0.15, 0.2) is 0 Å². The van der Waals surface area contributed by atoms with Gasteiger partial charge in [0.05, 0.1) is 6.04 Å². The normalized spacial score (nSPS) is 22.0. The highest BCUT2D eigenvalue weighted by atomic mass is 15.1. The maximum atomic E-state index is 4.57. The van der Waals surface area contributed by atoms with Gasteiger partial charge in [-0.15, -0.1) is 0 Å². The molecule has 0 spiro atoms. The molecule has 0 radical (unpaired) electrons. The van der Waals surface area contributed by atoms with Crippen LogP contribution in [-0.4, -0.2) is 16.6 Å². The number of nitrogens with zero attached hydrogens (tertiary/aromatic N) is 2. The Balaban J connectivity index is 2.10. The molecule has 1 aliphatic rings. The van der Waals surface area contributed by atoms with E-state index >= 15 is 0 Å². The highest BCUT2D eigenvalue weighted by Gasteiger charge is 2.32. The van der Waals surface area contributed by atoms with Crippen molar-refractivity contribution in [2.24, 2.45) is 11.3 Å². The van der Waals surface area contributed by atoms with Gasteiger partial charge in [0, 0.05) is 18.9 Å². The summed E-state index contributed by atoms with van der Waals surface area (Å²) in [4.78, 5) is 4.57. The van der Waals surface area contributed by atoms with E-state index in [4.69, 9.17) is 0 Å². The summed E-state index contributed by atoms with van der Waals surface area (Å²) in [6.45, 7) is 7.97. The van der Waals surface area contributed by atoms with Crippen molar-refractivity contribution in [1.82, 2.24) is 14.9 Å². The molecule has 102 valence electrons. The summed E-state index contributed by atoms with van der Waals surface area (Å²) in [7, 11) is 2.07. The molecule has 2 rings (SSSR count). The lowest BCUT2D eigenvalue weighted by Gasteiger charge is -2.37. The van der Waals surface area contributed by atoms with Crippen LogP contribution in [0.25, 0.3) is 0 Å². The molecule has 1 heterocycles. The molecule has 0 bridgehead atoms. The fourth-order valence-corrected chi connectivity index (χ4v) is 3.20. The van der Waals surface area contributed by atoms with Crippen LogP contribution < -0.4 is 5.32 Å². The van der Waals surface area contributed by atoms with E-state index in [2.05, 4.69) is 48.9 Å². The third-order valence-electron chi connectivity index (χ3n) is 4.53. The molecular weight excluding hydrogens is 222 g/mol. The Kier molecular flexibility index (Phi) is 4.10. The van der Waals surface area contributed by atoms with E-state index in [1.807, 2.05) is 6.20 Å². The van der Waals surface area contributed by atoms with E-state index in [1.165, 1.54) is 31.5 Å². The minimum absolute atomic E-state index is 0.413. The van der Waals surface area contributed by atoms with Crippen LogP contribution >= 0.6 is 0 Å². The van der Waals surface area contributed by atoms with E-state index in [0.717, 1.165) is 12.5 Å². The van der Waals surface area contributed by atoms with Gasteiger partial charge in [-0.3, -0.25) is 0 Å². The highest BCUT2D eigenvalue weighted by molar-refractivity contribution is 5.02. The maximum absolute atomic E-state index is 4.57. The first-order valence-electron chi connectivity index (χ1n) is 7.25. The van der Waals surface area contributed by atoms with Crippen LogP contribution in [0.5, 0.6) is 0 Å². The first kappa shape index (κ1) is 13.6. The predicted molar refractivity (Wildman–Crippen MR) is 75.4 cm³/mol. The minimum Gasteiger partial charge on any atom is -0.334 e. The zero-order chi connectivity index (χ0) is 13.2. The molecule has 1 fully saturated rings. The third kappa shape index (κ3) is 2.77. The first-order chi connectivity index (χ1) is 8.57. The average Bonchev–Trinajstić information content (AvgIpc) is 2.80. The summed E-state index contributed by atoms with van der Waals surface area (Å²) in [6, 6.07) is 0.413. The molecule has 1 aromatic heterocycles. The molecule has 0 amide bonds. The predicted octanol–water partition coefficient (Wildman–Crippen LogP) is 3.38. The molecule has 3 heteroatoms. The summed E-state index contributed by atoms with van der Waals surface area (Å²) < 4.78 is 2.26. The first-order valence-corrected chi connectivity index (χ1v) is 7.25. The topological polar surface area (TPSA) is 29.9 Å². The Morgan fingerprint density at radius 3 is 2.67 bits per heavy atom. The fraction of sp³-hybridized carbons (Fsp3) is 0.800. The minimum atomic E-state index is 0.413. The number of nitrogens with one attached hydrogen (secondary N) is 1. The molecule has 1 aromatic rings. The second-order valence-electron chi connectivity index (χ2n) is 6.34. The molecule has 0 aromatic carbocycles. The Hall–Kier alpha value is -0.830. The molecular formula is C15H27N3. The quantitative estimate of drug-likeness (QED) is 0.886. The standard InChI is InChI=1S/C15H27N3/c1-5-18-11-10-17-14(18)13(16-4)12-6-8-15(2,3)9-7-12/h10-13,16H,5-9H2,1-4H3. The molecule has 0 saturated heterocycles. The van der Waals surface area contributed by atoms with Gasteiger partial charge in [-0.2, -0.15) is 0 Å². The Morgan fingerprint density at radius 1 is 1.44 bits per heavy atom. The van der Waals surface area contributed by atoms with Gasteiger partial charge in [-0.1, -0.05) is 13.8 Å². The lowest BCUT2D eigenvalue weighted by Crippen LogP contribution is -2.32. The lowest BCUT2D eigenvalue weighted by molar-refractivity contribution is 0.160. The lowest BCUT2D eigenvalue weighted by atomic mass is 9.71. The molecule has 1 unspecified atom stereocenters. The molecule has 18 heavy (non-hydrogen) atoms. The van der Waals surface area contributed by atoms with Gasteiger partial charge < -0.3 is 9.88 Å². The van der Waals surface area contributed by atoms with Crippen molar-refractivity contribution in [1.29, 1.82) is 0 Å². The van der Waals surface area contributed by atoms with Crippen LogP contribution in [-0.2, 0) is 6.54 Å². The number of rotatable bonds is 4. The number of aryl methyl sites for hydroxylation is 1. The van der Waals surface area contributed by atoms with Gasteiger partial charge in [-0.25, -0.2) is 4.98 Å². The highest BCUT2D eigenvalue weighted by Crippen LogP contribution is 2.42. The number of imidazole rings is 1. The molecule has 0 aliphatic heterocycles. The number of hydrogen-bond acceptors (Lipinski definition) is 2. The van der Waals surface area contributed by atoms with Crippen molar-refractivity contribution in [3.8, 4) is 0 Å². The molecule has 1 aliphatic carbocycles. The zero-order valence-electron chi connectivity index (χ0n) is 12.2. The maximum Gasteiger partial charge on any atom is 0.126 e. The summed E-state index contributed by atoms with van der Waals surface area (Å²) >= 11 is 0. The van der Waals surface area contributed by atoms with Crippen molar-refractivity contribution >= 4 is 0 Å². The number of hydrogen-bond donors (Lipinski definition) is 1. The van der Waals surface area contributed by atoms with Crippen LogP contribution in [0.2, 0.25) is 0 Å². The van der Waals surface area contributed by atoms with E-state index in [9.17, 15) is 0 Å². The Labute approximate surface area is 111 Å². The summed E-state index contributed by atoms with van der Waals surface area (Å²) in [5, 5.41) is 3.49. The van der Waals surface area contributed by atoms with Gasteiger partial charge >= 0.3 is 0 Å². The number of aromatic nitrogens is 2. The SMILES string of the molecule is CCn1ccnc1C(NC)C1CCC(C)(C)CC1. The second kappa shape index (κ2) is 5.43. The van der Waals surface area contributed by atoms with E-state index in [1.54, 1.807) is 0 Å². The van der Waals surface area contributed by atoms with Crippen molar-refractivity contribution in [2.45, 2.75) is 59.0 Å². The summed E-state index contributed by atoms with van der Waals surface area (Å²) in [5.41, 5.74) is 0.537. The molecule has 3 nitrogen and oxygen atoms in total. The second-order valence-corrected chi connectivity index (χ2v) is 6.34. The van der Waals surface area contributed by atoms with Gasteiger partial charge in [0.25, 0.3) is 0 Å². The van der Waals surface area contributed by atoms with Crippen molar-refractivity contribution < 1.29 is 0 Å². The summed E-state index contributed by atoms with van der Waals surface area (Å²) in [6.07, 6.45) is 9.32. The van der Waals surface area contributed by atoms with Crippen LogP contribution in [0.1, 0.15) is 58.3 Å². The van der Waals surface area contributed by atoms with Crippen molar-refractivity contribution in [2.75, 3.05) is 7.05 Å².